The van der Waals surface area contributed by atoms with Crippen molar-refractivity contribution < 1.29 is 14.5 Å². The summed E-state index contributed by atoms with van der Waals surface area (Å²) in [5, 5.41) is 11.2. The SMILES string of the molecule is Cc1ccc(Cl)cc1Oc1ccc([N+](=O)[O-])cc1C=O. The number of rotatable bonds is 4. The smallest absolute Gasteiger partial charge is 0.270 e. The minimum atomic E-state index is -0.568. The Morgan fingerprint density at radius 1 is 1.20 bits per heavy atom. The van der Waals surface area contributed by atoms with Crippen molar-refractivity contribution in [3.63, 3.8) is 0 Å². The van der Waals surface area contributed by atoms with Gasteiger partial charge in [-0.15, -0.1) is 0 Å². The molecule has 2 aromatic rings. The van der Waals surface area contributed by atoms with E-state index in [1.807, 2.05) is 6.92 Å². The molecule has 0 amide bonds. The number of aryl methyl sites for hydroxylation is 1. The summed E-state index contributed by atoms with van der Waals surface area (Å²) in [7, 11) is 0. The highest BCUT2D eigenvalue weighted by Crippen LogP contribution is 2.31. The number of nitro groups is 1. The molecule has 0 fully saturated rings. The van der Waals surface area contributed by atoms with Gasteiger partial charge in [0, 0.05) is 17.2 Å². The van der Waals surface area contributed by atoms with Crippen LogP contribution >= 0.6 is 11.6 Å². The summed E-state index contributed by atoms with van der Waals surface area (Å²) < 4.78 is 5.61. The lowest BCUT2D eigenvalue weighted by Gasteiger charge is -2.10. The monoisotopic (exact) mass is 291 g/mol. The lowest BCUT2D eigenvalue weighted by atomic mass is 10.2. The Kier molecular flexibility index (Phi) is 4.00. The Bertz CT molecular complexity index is 685. The molecule has 5 nitrogen and oxygen atoms in total. The van der Waals surface area contributed by atoms with Gasteiger partial charge in [0.1, 0.15) is 11.5 Å². The van der Waals surface area contributed by atoms with Crippen LogP contribution in [0.3, 0.4) is 0 Å². The number of hydrogen-bond acceptors (Lipinski definition) is 4. The molecular formula is C14H10ClNO4. The predicted octanol–water partition coefficient (Wildman–Crippen LogP) is 4.16. The molecule has 0 saturated carbocycles. The number of halogens is 1. The van der Waals surface area contributed by atoms with Gasteiger partial charge in [0.05, 0.1) is 10.5 Å². The fraction of sp³-hybridized carbons (Fsp3) is 0.0714. The number of non-ortho nitro benzene ring substituents is 1. The molecule has 2 rings (SSSR count). The molecule has 0 aliphatic heterocycles. The maximum Gasteiger partial charge on any atom is 0.270 e. The van der Waals surface area contributed by atoms with Crippen molar-refractivity contribution in [3.8, 4) is 11.5 Å². The molecule has 0 heterocycles. The number of carbonyl (C=O) groups excluding carboxylic acids is 1. The van der Waals surface area contributed by atoms with Gasteiger partial charge in [0.2, 0.25) is 0 Å². The van der Waals surface area contributed by atoms with Gasteiger partial charge in [-0.25, -0.2) is 0 Å². The minimum Gasteiger partial charge on any atom is -0.456 e. The molecule has 0 saturated heterocycles. The van der Waals surface area contributed by atoms with Gasteiger partial charge in [-0.05, 0) is 30.7 Å². The zero-order chi connectivity index (χ0) is 14.7. The fourth-order valence-corrected chi connectivity index (χ4v) is 1.80. The van der Waals surface area contributed by atoms with E-state index < -0.39 is 4.92 Å². The van der Waals surface area contributed by atoms with E-state index in [-0.39, 0.29) is 17.0 Å². The van der Waals surface area contributed by atoms with Crippen LogP contribution in [0.5, 0.6) is 11.5 Å². The third-order valence-electron chi connectivity index (χ3n) is 2.70. The van der Waals surface area contributed by atoms with E-state index in [0.29, 0.717) is 17.1 Å². The van der Waals surface area contributed by atoms with E-state index in [1.165, 1.54) is 18.2 Å². The van der Waals surface area contributed by atoms with Crippen molar-refractivity contribution in [2.24, 2.45) is 0 Å². The number of aldehydes is 1. The van der Waals surface area contributed by atoms with Crippen LogP contribution < -0.4 is 4.74 Å². The lowest BCUT2D eigenvalue weighted by molar-refractivity contribution is -0.384. The average Bonchev–Trinajstić information content (AvgIpc) is 2.43. The van der Waals surface area contributed by atoms with E-state index in [0.717, 1.165) is 5.56 Å². The van der Waals surface area contributed by atoms with Crippen LogP contribution in [-0.2, 0) is 0 Å². The summed E-state index contributed by atoms with van der Waals surface area (Å²) in [4.78, 5) is 21.1. The highest BCUT2D eigenvalue weighted by Gasteiger charge is 2.13. The zero-order valence-electron chi connectivity index (χ0n) is 10.5. The highest BCUT2D eigenvalue weighted by atomic mass is 35.5. The molecule has 0 aliphatic rings. The van der Waals surface area contributed by atoms with Gasteiger partial charge in [-0.1, -0.05) is 17.7 Å². The van der Waals surface area contributed by atoms with E-state index in [1.54, 1.807) is 18.2 Å². The van der Waals surface area contributed by atoms with Crippen LogP contribution in [-0.4, -0.2) is 11.2 Å². The average molecular weight is 292 g/mol. The quantitative estimate of drug-likeness (QED) is 0.482. The van der Waals surface area contributed by atoms with Crippen LogP contribution in [0.25, 0.3) is 0 Å². The highest BCUT2D eigenvalue weighted by molar-refractivity contribution is 6.30. The Hall–Kier alpha value is -2.40. The van der Waals surface area contributed by atoms with Crippen LogP contribution in [0.2, 0.25) is 5.02 Å². The van der Waals surface area contributed by atoms with Crippen LogP contribution in [0, 0.1) is 17.0 Å². The van der Waals surface area contributed by atoms with E-state index in [2.05, 4.69) is 0 Å². The molecule has 0 aromatic heterocycles. The van der Waals surface area contributed by atoms with Crippen LogP contribution in [0.15, 0.2) is 36.4 Å². The summed E-state index contributed by atoms with van der Waals surface area (Å²) in [6.45, 7) is 1.83. The summed E-state index contributed by atoms with van der Waals surface area (Å²) in [6.07, 6.45) is 0.516. The molecule has 0 aliphatic carbocycles. The van der Waals surface area contributed by atoms with Crippen molar-refractivity contribution in [2.45, 2.75) is 6.92 Å². The largest absolute Gasteiger partial charge is 0.456 e. The number of hydrogen-bond donors (Lipinski definition) is 0. The number of nitrogens with zero attached hydrogens (tertiary/aromatic N) is 1. The number of ether oxygens (including phenoxy) is 1. The molecule has 0 unspecified atom stereocenters. The van der Waals surface area contributed by atoms with Crippen molar-refractivity contribution in [3.05, 3.63) is 62.7 Å². The summed E-state index contributed by atoms with van der Waals surface area (Å²) in [5.74, 6) is 0.741. The second kappa shape index (κ2) is 5.71. The zero-order valence-corrected chi connectivity index (χ0v) is 11.3. The van der Waals surface area contributed by atoms with Crippen LogP contribution in [0.4, 0.5) is 5.69 Å². The van der Waals surface area contributed by atoms with Crippen LogP contribution in [0.1, 0.15) is 15.9 Å². The molecule has 2 aromatic carbocycles. The topological polar surface area (TPSA) is 69.4 Å². The molecule has 102 valence electrons. The third kappa shape index (κ3) is 2.95. The maximum absolute atomic E-state index is 11.0. The molecule has 0 bridgehead atoms. The summed E-state index contributed by atoms with van der Waals surface area (Å²) >= 11 is 5.88. The Morgan fingerprint density at radius 2 is 1.95 bits per heavy atom. The first kappa shape index (κ1) is 14.0. The standard InChI is InChI=1S/C14H10ClNO4/c1-9-2-3-11(15)7-14(9)20-13-5-4-12(16(18)19)6-10(13)8-17/h2-8H,1H3. The first-order valence-corrected chi connectivity index (χ1v) is 6.06. The fourth-order valence-electron chi connectivity index (χ4n) is 1.64. The van der Waals surface area contributed by atoms with Crippen molar-refractivity contribution in [2.75, 3.05) is 0 Å². The van der Waals surface area contributed by atoms with Gasteiger partial charge in [0.15, 0.2) is 6.29 Å². The third-order valence-corrected chi connectivity index (χ3v) is 2.94. The Morgan fingerprint density at radius 3 is 2.60 bits per heavy atom. The molecule has 0 radical (unpaired) electrons. The predicted molar refractivity (Wildman–Crippen MR) is 74.7 cm³/mol. The molecule has 20 heavy (non-hydrogen) atoms. The Balaban J connectivity index is 2.40. The van der Waals surface area contributed by atoms with E-state index >= 15 is 0 Å². The number of carbonyl (C=O) groups is 1. The molecular weight excluding hydrogens is 282 g/mol. The Labute approximate surface area is 119 Å². The molecule has 0 atom stereocenters. The van der Waals surface area contributed by atoms with Gasteiger partial charge < -0.3 is 4.74 Å². The van der Waals surface area contributed by atoms with E-state index in [9.17, 15) is 14.9 Å². The molecule has 0 N–H and O–H groups in total. The van der Waals surface area contributed by atoms with Gasteiger partial charge in [-0.3, -0.25) is 14.9 Å². The minimum absolute atomic E-state index is 0.110. The molecule has 6 heteroatoms. The maximum atomic E-state index is 11.0. The van der Waals surface area contributed by atoms with Gasteiger partial charge in [-0.2, -0.15) is 0 Å². The van der Waals surface area contributed by atoms with Gasteiger partial charge in [0.25, 0.3) is 5.69 Å². The van der Waals surface area contributed by atoms with Crippen molar-refractivity contribution in [1.29, 1.82) is 0 Å². The van der Waals surface area contributed by atoms with Crippen molar-refractivity contribution in [1.82, 2.24) is 0 Å². The van der Waals surface area contributed by atoms with E-state index in [4.69, 9.17) is 16.3 Å². The summed E-state index contributed by atoms with van der Waals surface area (Å²) in [5.41, 5.74) is 0.783. The first-order valence-electron chi connectivity index (χ1n) is 5.69. The lowest BCUT2D eigenvalue weighted by Crippen LogP contribution is -1.95. The second-order valence-electron chi connectivity index (χ2n) is 4.11. The number of benzene rings is 2. The number of nitro benzene ring substituents is 1. The van der Waals surface area contributed by atoms with Gasteiger partial charge >= 0.3 is 0 Å². The summed E-state index contributed by atoms with van der Waals surface area (Å²) in [6, 6.07) is 8.96. The van der Waals surface area contributed by atoms with Crippen molar-refractivity contribution >= 4 is 23.6 Å². The normalized spacial score (nSPS) is 10.1. The molecule has 0 spiro atoms. The first-order chi connectivity index (χ1) is 9.51. The second-order valence-corrected chi connectivity index (χ2v) is 4.55.